The third-order valence-electron chi connectivity index (χ3n) is 5.54. The predicted molar refractivity (Wildman–Crippen MR) is 125 cm³/mol. The highest BCUT2D eigenvalue weighted by molar-refractivity contribution is 6.34. The van der Waals surface area contributed by atoms with Crippen molar-refractivity contribution in [1.82, 2.24) is 15.1 Å². The molecule has 1 atom stereocenters. The van der Waals surface area contributed by atoms with Gasteiger partial charge in [-0.15, -0.1) is 0 Å². The van der Waals surface area contributed by atoms with E-state index >= 15 is 0 Å². The zero-order chi connectivity index (χ0) is 25.9. The van der Waals surface area contributed by atoms with Crippen LogP contribution in [0, 0.1) is 11.8 Å². The van der Waals surface area contributed by atoms with Crippen LogP contribution in [-0.4, -0.2) is 38.3 Å². The lowest BCUT2D eigenvalue weighted by Gasteiger charge is -2.07. The molecule has 186 valence electrons. The average Bonchev–Trinajstić information content (AvgIpc) is 3.49. The molecule has 0 saturated heterocycles. The van der Waals surface area contributed by atoms with Gasteiger partial charge < -0.3 is 9.63 Å². The van der Waals surface area contributed by atoms with E-state index in [9.17, 15) is 18.0 Å². The summed E-state index contributed by atoms with van der Waals surface area (Å²) in [6.07, 6.45) is -2.02. The molecule has 1 aliphatic heterocycles. The highest BCUT2D eigenvalue weighted by Crippen LogP contribution is 2.36. The lowest BCUT2D eigenvalue weighted by atomic mass is 9.99. The number of aliphatic hydroxyl groups is 1. The first-order chi connectivity index (χ1) is 17.2. The number of benzene rings is 1. The van der Waals surface area contributed by atoms with Crippen LogP contribution >= 0.6 is 11.6 Å². The molecule has 4 rings (SSSR count). The molecule has 0 amide bonds. The fourth-order valence-electron chi connectivity index (χ4n) is 3.62. The van der Waals surface area contributed by atoms with Gasteiger partial charge in [-0.25, -0.2) is 9.97 Å². The molecule has 1 N–H and O–H groups in total. The topological polar surface area (TPSA) is 101 Å². The number of rotatable bonds is 7. The lowest BCUT2D eigenvalue weighted by molar-refractivity contribution is -0.137. The maximum Gasteiger partial charge on any atom is 0.416 e. The van der Waals surface area contributed by atoms with E-state index in [0.717, 1.165) is 12.1 Å². The van der Waals surface area contributed by atoms with E-state index in [-0.39, 0.29) is 47.6 Å². The first-order valence-corrected chi connectivity index (χ1v) is 11.4. The quantitative estimate of drug-likeness (QED) is 0.259. The zero-order valence-corrected chi connectivity index (χ0v) is 19.8. The van der Waals surface area contributed by atoms with Crippen LogP contribution in [0.3, 0.4) is 0 Å². The standard InChI is InChI=1S/C25H20ClF3N4O3/c1-14(9-21(35)24-23(26)18(30-13-31-24)5-3-2-4-8-34)22-12-20(33-36-22)19-11-15-10-16(25(27,28)29)6-7-17(15)32-19/h6-7,10,12-14,34H,2,4,8-9,11H2,1H3/t14-/m1/s1. The molecular weight excluding hydrogens is 497 g/mol. The van der Waals surface area contributed by atoms with E-state index in [1.165, 1.54) is 12.4 Å². The number of hydrogen-bond acceptors (Lipinski definition) is 7. The number of aliphatic hydroxyl groups excluding tert-OH is 1. The summed E-state index contributed by atoms with van der Waals surface area (Å²) in [6.45, 7) is 1.80. The summed E-state index contributed by atoms with van der Waals surface area (Å²) in [5, 5.41) is 12.9. The van der Waals surface area contributed by atoms with Gasteiger partial charge in [0, 0.05) is 37.9 Å². The molecule has 3 aromatic rings. The van der Waals surface area contributed by atoms with Crippen molar-refractivity contribution in [3.05, 3.63) is 69.6 Å². The number of fused-ring (bicyclic) bond motifs is 1. The molecule has 7 nitrogen and oxygen atoms in total. The monoisotopic (exact) mass is 516 g/mol. The van der Waals surface area contributed by atoms with Crippen molar-refractivity contribution in [1.29, 1.82) is 0 Å². The van der Waals surface area contributed by atoms with Gasteiger partial charge in [-0.1, -0.05) is 29.6 Å². The second kappa shape index (κ2) is 10.6. The maximum atomic E-state index is 13.0. The van der Waals surface area contributed by atoms with Crippen LogP contribution in [-0.2, 0) is 12.6 Å². The summed E-state index contributed by atoms with van der Waals surface area (Å²) in [7, 11) is 0. The predicted octanol–water partition coefficient (Wildman–Crippen LogP) is 5.31. The molecule has 1 aliphatic rings. The van der Waals surface area contributed by atoms with Crippen molar-refractivity contribution in [2.75, 3.05) is 6.61 Å². The number of Topliss-reactive ketones (excluding diaryl/α,β-unsaturated/α-hetero) is 1. The zero-order valence-electron chi connectivity index (χ0n) is 19.1. The highest BCUT2D eigenvalue weighted by atomic mass is 35.5. The van der Waals surface area contributed by atoms with Gasteiger partial charge in [0.25, 0.3) is 0 Å². The van der Waals surface area contributed by atoms with Crippen molar-refractivity contribution in [2.24, 2.45) is 4.99 Å². The average molecular weight is 517 g/mol. The number of aromatic nitrogens is 3. The van der Waals surface area contributed by atoms with Crippen molar-refractivity contribution in [2.45, 2.75) is 44.7 Å². The summed E-state index contributed by atoms with van der Waals surface area (Å²) in [6, 6.07) is 5.06. The summed E-state index contributed by atoms with van der Waals surface area (Å²) < 4.78 is 44.4. The third-order valence-corrected chi connectivity index (χ3v) is 5.90. The Morgan fingerprint density at radius 1 is 1.28 bits per heavy atom. The Labute approximate surface area is 209 Å². The Morgan fingerprint density at radius 2 is 2.08 bits per heavy atom. The van der Waals surface area contributed by atoms with Crippen LogP contribution in [0.1, 0.15) is 70.9 Å². The maximum absolute atomic E-state index is 13.0. The van der Waals surface area contributed by atoms with Crippen LogP contribution in [0.15, 0.2) is 40.1 Å². The van der Waals surface area contributed by atoms with Crippen molar-refractivity contribution >= 4 is 28.8 Å². The molecule has 0 radical (unpaired) electrons. The van der Waals surface area contributed by atoms with Gasteiger partial charge in [-0.3, -0.25) is 9.79 Å². The number of alkyl halides is 3. The number of halogens is 4. The van der Waals surface area contributed by atoms with E-state index in [2.05, 4.69) is 32.0 Å². The third kappa shape index (κ3) is 5.64. The van der Waals surface area contributed by atoms with E-state index in [1.54, 1.807) is 13.0 Å². The summed E-state index contributed by atoms with van der Waals surface area (Å²) in [4.78, 5) is 25.3. The smallest absolute Gasteiger partial charge is 0.396 e. The molecule has 2 aromatic heterocycles. The Kier molecular flexibility index (Phi) is 7.52. The molecule has 0 saturated carbocycles. The Bertz CT molecular complexity index is 1390. The first-order valence-electron chi connectivity index (χ1n) is 11.1. The first kappa shape index (κ1) is 25.5. The van der Waals surface area contributed by atoms with Gasteiger partial charge in [-0.05, 0) is 36.1 Å². The number of carbonyl (C=O) groups excluding carboxylic acids is 1. The van der Waals surface area contributed by atoms with Gasteiger partial charge in [0.05, 0.1) is 17.0 Å². The molecule has 36 heavy (non-hydrogen) atoms. The minimum Gasteiger partial charge on any atom is -0.396 e. The van der Waals surface area contributed by atoms with E-state index in [0.29, 0.717) is 41.3 Å². The second-order valence-electron chi connectivity index (χ2n) is 8.23. The highest BCUT2D eigenvalue weighted by Gasteiger charge is 2.32. The van der Waals surface area contributed by atoms with Gasteiger partial charge in [0.1, 0.15) is 34.2 Å². The number of hydrogen-bond donors (Lipinski definition) is 1. The molecule has 0 fully saturated rings. The van der Waals surface area contributed by atoms with E-state index < -0.39 is 11.7 Å². The molecule has 3 heterocycles. The largest absolute Gasteiger partial charge is 0.416 e. The van der Waals surface area contributed by atoms with Crippen molar-refractivity contribution in [3.8, 4) is 11.8 Å². The van der Waals surface area contributed by atoms with Crippen molar-refractivity contribution < 1.29 is 27.6 Å². The molecule has 0 unspecified atom stereocenters. The fraction of sp³-hybridized carbons (Fsp3) is 0.320. The minimum absolute atomic E-state index is 0.0182. The van der Waals surface area contributed by atoms with Crippen LogP contribution < -0.4 is 0 Å². The lowest BCUT2D eigenvalue weighted by Crippen LogP contribution is -2.09. The molecule has 0 aliphatic carbocycles. The van der Waals surface area contributed by atoms with Gasteiger partial charge in [-0.2, -0.15) is 13.2 Å². The summed E-state index contributed by atoms with van der Waals surface area (Å²) >= 11 is 6.30. The van der Waals surface area contributed by atoms with Crippen LogP contribution in [0.4, 0.5) is 18.9 Å². The number of carbonyl (C=O) groups is 1. The van der Waals surface area contributed by atoms with Crippen LogP contribution in [0.2, 0.25) is 5.02 Å². The normalized spacial score (nSPS) is 13.6. The molecule has 0 bridgehead atoms. The second-order valence-corrected chi connectivity index (χ2v) is 8.61. The van der Waals surface area contributed by atoms with E-state index in [4.69, 9.17) is 21.2 Å². The molecule has 1 aromatic carbocycles. The van der Waals surface area contributed by atoms with E-state index in [1.807, 2.05) is 0 Å². The van der Waals surface area contributed by atoms with Gasteiger partial charge >= 0.3 is 6.18 Å². The summed E-state index contributed by atoms with van der Waals surface area (Å²) in [5.41, 5.74) is 1.35. The number of nitrogens with zero attached hydrogens (tertiary/aromatic N) is 4. The number of unbranched alkanes of at least 4 members (excludes halogenated alkanes) is 1. The minimum atomic E-state index is -4.43. The molecule has 0 spiro atoms. The van der Waals surface area contributed by atoms with Gasteiger partial charge in [0.15, 0.2) is 5.78 Å². The Morgan fingerprint density at radius 3 is 2.83 bits per heavy atom. The fourth-order valence-corrected chi connectivity index (χ4v) is 3.87. The molecular formula is C25H20ClF3N4O3. The molecule has 11 heteroatoms. The number of aliphatic imine (C=N–C) groups is 1. The van der Waals surface area contributed by atoms with Crippen molar-refractivity contribution in [3.63, 3.8) is 0 Å². The summed E-state index contributed by atoms with van der Waals surface area (Å²) in [5.74, 6) is 5.32. The Hall–Kier alpha value is -3.55. The number of ketones is 1. The van der Waals surface area contributed by atoms with Crippen LogP contribution in [0.5, 0.6) is 0 Å². The van der Waals surface area contributed by atoms with Crippen LogP contribution in [0.25, 0.3) is 0 Å². The Balaban J connectivity index is 1.44. The SMILES string of the molecule is C[C@H](CC(=O)c1ncnc(C#CCCCO)c1Cl)c1cc(C2=Nc3ccc(C(F)(F)F)cc3C2)no1. The van der Waals surface area contributed by atoms with Gasteiger partial charge in [0.2, 0.25) is 0 Å².